The van der Waals surface area contributed by atoms with Crippen LogP contribution >= 0.6 is 24.0 Å². The number of esters is 1. The van der Waals surface area contributed by atoms with Gasteiger partial charge in [0.1, 0.15) is 0 Å². The van der Waals surface area contributed by atoms with E-state index < -0.39 is 0 Å². The highest BCUT2D eigenvalue weighted by molar-refractivity contribution is 14.0. The van der Waals surface area contributed by atoms with Crippen LogP contribution in [0.15, 0.2) is 4.99 Å². The van der Waals surface area contributed by atoms with Gasteiger partial charge in [-0.1, -0.05) is 6.92 Å². The summed E-state index contributed by atoms with van der Waals surface area (Å²) < 4.78 is 4.89. The molecule has 0 aromatic heterocycles. The maximum atomic E-state index is 11.7. The average Bonchev–Trinajstić information content (AvgIpc) is 2.99. The van der Waals surface area contributed by atoms with Crippen LogP contribution in [0.3, 0.4) is 0 Å². The number of amides is 1. The Hall–Kier alpha value is -1.06. The van der Waals surface area contributed by atoms with Gasteiger partial charge in [-0.15, -0.1) is 24.0 Å². The average molecular weight is 454 g/mol. The van der Waals surface area contributed by atoms with E-state index >= 15 is 0 Å². The first kappa shape index (κ1) is 22.9. The molecule has 1 amide bonds. The molecule has 140 valence electrons. The van der Waals surface area contributed by atoms with E-state index in [1.807, 2.05) is 18.7 Å². The number of aliphatic imine (C=N–C) groups is 1. The fourth-order valence-corrected chi connectivity index (χ4v) is 2.49. The Morgan fingerprint density at radius 2 is 2.04 bits per heavy atom. The highest BCUT2D eigenvalue weighted by Crippen LogP contribution is 2.10. The molecular weight excluding hydrogens is 423 g/mol. The molecule has 1 fully saturated rings. The number of nitrogens with one attached hydrogen (secondary N) is 2. The van der Waals surface area contributed by atoms with E-state index in [1.54, 1.807) is 6.92 Å². The molecule has 1 saturated heterocycles. The summed E-state index contributed by atoms with van der Waals surface area (Å²) in [6.45, 7) is 8.98. The lowest BCUT2D eigenvalue weighted by atomic mass is 10.3. The van der Waals surface area contributed by atoms with Crippen LogP contribution in [0.5, 0.6) is 0 Å². The largest absolute Gasteiger partial charge is 0.466 e. The topological polar surface area (TPSA) is 83.0 Å². The zero-order chi connectivity index (χ0) is 17.1. The maximum absolute atomic E-state index is 11.7. The number of carbonyl (C=O) groups is 2. The predicted molar refractivity (Wildman–Crippen MR) is 106 cm³/mol. The number of likely N-dealkylation sites (tertiary alicyclic amines) is 1. The van der Waals surface area contributed by atoms with Crippen LogP contribution in [0.25, 0.3) is 0 Å². The lowest BCUT2D eigenvalue weighted by Crippen LogP contribution is -2.45. The highest BCUT2D eigenvalue weighted by atomic mass is 127. The third kappa shape index (κ3) is 8.70. The minimum Gasteiger partial charge on any atom is -0.466 e. The molecule has 0 aliphatic carbocycles. The van der Waals surface area contributed by atoms with Crippen molar-refractivity contribution < 1.29 is 14.3 Å². The highest BCUT2D eigenvalue weighted by Gasteiger charge is 2.25. The number of hydrogen-bond donors (Lipinski definition) is 2. The molecule has 0 radical (unpaired) electrons. The summed E-state index contributed by atoms with van der Waals surface area (Å²) in [6.07, 6.45) is 2.53. The molecular formula is C16H31IN4O3. The quantitative estimate of drug-likeness (QED) is 0.191. The summed E-state index contributed by atoms with van der Waals surface area (Å²) in [5, 5.41) is 6.57. The third-order valence-electron chi connectivity index (χ3n) is 3.64. The van der Waals surface area contributed by atoms with Crippen molar-refractivity contribution in [2.24, 2.45) is 4.99 Å². The van der Waals surface area contributed by atoms with Crippen molar-refractivity contribution in [1.29, 1.82) is 0 Å². The molecule has 1 atom stereocenters. The second-order valence-electron chi connectivity index (χ2n) is 5.49. The van der Waals surface area contributed by atoms with E-state index in [2.05, 4.69) is 15.6 Å². The van der Waals surface area contributed by atoms with Gasteiger partial charge in [0.05, 0.1) is 6.61 Å². The number of ether oxygens (including phenoxy) is 1. The summed E-state index contributed by atoms with van der Waals surface area (Å²) in [6, 6.07) is 0.230. The monoisotopic (exact) mass is 454 g/mol. The number of nitrogens with zero attached hydrogens (tertiary/aromatic N) is 2. The van der Waals surface area contributed by atoms with E-state index in [9.17, 15) is 9.59 Å². The van der Waals surface area contributed by atoms with Crippen LogP contribution in [0, 0.1) is 0 Å². The van der Waals surface area contributed by atoms with Gasteiger partial charge < -0.3 is 20.3 Å². The van der Waals surface area contributed by atoms with Crippen molar-refractivity contribution in [2.75, 3.05) is 32.8 Å². The fraction of sp³-hybridized carbons (Fsp3) is 0.812. The van der Waals surface area contributed by atoms with E-state index in [0.29, 0.717) is 32.4 Å². The number of halogens is 1. The van der Waals surface area contributed by atoms with E-state index in [4.69, 9.17) is 4.74 Å². The first-order valence-electron chi connectivity index (χ1n) is 8.58. The molecule has 0 aromatic carbocycles. The van der Waals surface area contributed by atoms with Gasteiger partial charge >= 0.3 is 5.97 Å². The van der Waals surface area contributed by atoms with Gasteiger partial charge in [-0.3, -0.25) is 14.6 Å². The lowest BCUT2D eigenvalue weighted by Gasteiger charge is -2.18. The number of guanidine groups is 1. The zero-order valence-corrected chi connectivity index (χ0v) is 17.3. The third-order valence-corrected chi connectivity index (χ3v) is 3.64. The Balaban J connectivity index is 0.00000529. The Kier molecular flexibility index (Phi) is 12.7. The Labute approximate surface area is 162 Å². The minimum atomic E-state index is -0.176. The van der Waals surface area contributed by atoms with Crippen LogP contribution in [0.4, 0.5) is 0 Å². The molecule has 1 aliphatic rings. The van der Waals surface area contributed by atoms with E-state index in [-0.39, 0.29) is 41.9 Å². The summed E-state index contributed by atoms with van der Waals surface area (Å²) in [5.74, 6) is 0.767. The van der Waals surface area contributed by atoms with Crippen molar-refractivity contribution in [3.8, 4) is 0 Å². The molecule has 2 N–H and O–H groups in total. The molecule has 8 heteroatoms. The normalized spacial score (nSPS) is 17.2. The number of carbonyl (C=O) groups excluding carboxylic acids is 2. The van der Waals surface area contributed by atoms with Crippen LogP contribution in [0.2, 0.25) is 0 Å². The summed E-state index contributed by atoms with van der Waals surface area (Å²) >= 11 is 0. The van der Waals surface area contributed by atoms with Crippen molar-refractivity contribution in [3.05, 3.63) is 0 Å². The van der Waals surface area contributed by atoms with Gasteiger partial charge in [0.25, 0.3) is 0 Å². The molecule has 24 heavy (non-hydrogen) atoms. The van der Waals surface area contributed by atoms with E-state index in [1.165, 1.54) is 0 Å². The molecule has 1 rings (SSSR count). The van der Waals surface area contributed by atoms with Crippen LogP contribution in [-0.4, -0.2) is 61.6 Å². The Morgan fingerprint density at radius 3 is 2.67 bits per heavy atom. The van der Waals surface area contributed by atoms with Gasteiger partial charge in [-0.2, -0.15) is 0 Å². The standard InChI is InChI=1S/C16H30N4O3.HI/c1-4-14(21)20-11-9-13(12-20)19-16(17-5-2)18-10-7-8-15(22)23-6-3;/h13H,4-12H2,1-3H3,(H2,17,18,19);1H. The predicted octanol–water partition coefficient (Wildman–Crippen LogP) is 1.51. The second kappa shape index (κ2) is 13.3. The first-order valence-corrected chi connectivity index (χ1v) is 8.58. The van der Waals surface area contributed by atoms with Crippen LogP contribution in [-0.2, 0) is 14.3 Å². The first-order chi connectivity index (χ1) is 11.1. The van der Waals surface area contributed by atoms with Crippen LogP contribution < -0.4 is 10.6 Å². The number of hydrogen-bond acceptors (Lipinski definition) is 4. The Morgan fingerprint density at radius 1 is 1.29 bits per heavy atom. The Bertz CT molecular complexity index is 418. The van der Waals surface area contributed by atoms with Gasteiger partial charge in [0.2, 0.25) is 5.91 Å². The SMILES string of the molecule is CCNC(=NCCCC(=O)OCC)NC1CCN(C(=O)CC)C1.I. The zero-order valence-electron chi connectivity index (χ0n) is 15.0. The van der Waals surface area contributed by atoms with E-state index in [0.717, 1.165) is 32.0 Å². The summed E-state index contributed by atoms with van der Waals surface area (Å²) in [4.78, 5) is 29.4. The van der Waals surface area contributed by atoms with Crippen molar-refractivity contribution in [1.82, 2.24) is 15.5 Å². The molecule has 0 spiro atoms. The lowest BCUT2D eigenvalue weighted by molar-refractivity contribution is -0.143. The molecule has 0 bridgehead atoms. The summed E-state index contributed by atoms with van der Waals surface area (Å²) in [7, 11) is 0. The van der Waals surface area contributed by atoms with Crippen molar-refractivity contribution in [2.45, 2.75) is 52.5 Å². The molecule has 0 saturated carbocycles. The van der Waals surface area contributed by atoms with Gasteiger partial charge in [-0.05, 0) is 26.7 Å². The smallest absolute Gasteiger partial charge is 0.305 e. The van der Waals surface area contributed by atoms with Gasteiger partial charge in [0, 0.05) is 45.1 Å². The maximum Gasteiger partial charge on any atom is 0.305 e. The van der Waals surface area contributed by atoms with Crippen molar-refractivity contribution in [3.63, 3.8) is 0 Å². The molecule has 1 unspecified atom stereocenters. The molecule has 7 nitrogen and oxygen atoms in total. The molecule has 1 heterocycles. The van der Waals surface area contributed by atoms with Gasteiger partial charge in [0.15, 0.2) is 5.96 Å². The number of rotatable bonds is 8. The van der Waals surface area contributed by atoms with Crippen LogP contribution in [0.1, 0.15) is 46.5 Å². The van der Waals surface area contributed by atoms with Gasteiger partial charge in [-0.25, -0.2) is 0 Å². The molecule has 0 aromatic rings. The minimum absolute atomic E-state index is 0. The second-order valence-corrected chi connectivity index (χ2v) is 5.49. The fourth-order valence-electron chi connectivity index (χ4n) is 2.49. The van der Waals surface area contributed by atoms with Crippen molar-refractivity contribution >= 4 is 41.8 Å². The molecule has 1 aliphatic heterocycles. The summed E-state index contributed by atoms with van der Waals surface area (Å²) in [5.41, 5.74) is 0.